The van der Waals surface area contributed by atoms with Gasteiger partial charge in [0.1, 0.15) is 11.4 Å². The zero-order chi connectivity index (χ0) is 22.4. The molecular formula is C26H29N3O3. The number of aliphatic hydroxyl groups is 2. The van der Waals surface area contributed by atoms with Gasteiger partial charge < -0.3 is 14.9 Å². The second kappa shape index (κ2) is 7.64. The minimum Gasteiger partial charge on any atom is -0.424 e. The van der Waals surface area contributed by atoms with Crippen molar-refractivity contribution in [2.45, 2.75) is 62.6 Å². The third-order valence-electron chi connectivity index (χ3n) is 7.72. The first kappa shape index (κ1) is 21.0. The van der Waals surface area contributed by atoms with E-state index in [9.17, 15) is 10.2 Å². The molecule has 1 aromatic carbocycles. The molecule has 1 fully saturated rings. The normalized spacial score (nSPS) is 31.4. The van der Waals surface area contributed by atoms with Crippen molar-refractivity contribution in [2.24, 2.45) is 5.92 Å². The highest BCUT2D eigenvalue weighted by molar-refractivity contribution is 5.45. The minimum absolute atomic E-state index is 0.208. The number of hydrogen-bond donors (Lipinski definition) is 2. The van der Waals surface area contributed by atoms with Crippen LogP contribution < -0.4 is 4.74 Å². The number of benzene rings is 1. The Morgan fingerprint density at radius 3 is 2.53 bits per heavy atom. The van der Waals surface area contributed by atoms with E-state index in [1.165, 1.54) is 11.1 Å². The smallest absolute Gasteiger partial charge is 0.321 e. The number of ether oxygens (including phenoxy) is 1. The molecule has 3 aromatic rings. The van der Waals surface area contributed by atoms with Crippen LogP contribution in [0, 0.1) is 5.92 Å². The van der Waals surface area contributed by atoms with Crippen molar-refractivity contribution in [1.82, 2.24) is 15.0 Å². The van der Waals surface area contributed by atoms with Crippen LogP contribution in [-0.4, -0.2) is 30.8 Å². The number of rotatable bonds is 4. The highest BCUT2D eigenvalue weighted by Crippen LogP contribution is 2.59. The molecule has 2 aliphatic rings. The lowest BCUT2D eigenvalue weighted by Crippen LogP contribution is -2.62. The van der Waals surface area contributed by atoms with Gasteiger partial charge in [0.25, 0.3) is 0 Å². The van der Waals surface area contributed by atoms with Crippen LogP contribution in [-0.2, 0) is 17.4 Å². The second-order valence-corrected chi connectivity index (χ2v) is 9.43. The Hall–Kier alpha value is -2.83. The van der Waals surface area contributed by atoms with E-state index in [1.807, 2.05) is 24.3 Å². The Kier molecular flexibility index (Phi) is 5.02. The molecule has 2 heterocycles. The van der Waals surface area contributed by atoms with E-state index >= 15 is 0 Å². The molecule has 0 bridgehead atoms. The molecule has 0 radical (unpaired) electrons. The Morgan fingerprint density at radius 2 is 1.81 bits per heavy atom. The number of hydrogen-bond acceptors (Lipinski definition) is 6. The Morgan fingerprint density at radius 1 is 1.03 bits per heavy atom. The lowest BCUT2D eigenvalue weighted by molar-refractivity contribution is -0.207. The molecule has 0 saturated heterocycles. The lowest BCUT2D eigenvalue weighted by Gasteiger charge is -2.58. The maximum atomic E-state index is 11.7. The standard InChI is InChI=1S/C26H29N3O3/c1-3-25-17-24(2,30)26(31,22-7-4-5-12-27-22)16-19(25)9-8-18-15-20(10-11-21(18)25)32-23-28-13-6-14-29-23/h4-7,10-15,19,30-31H,3,8-9,16-17H2,1-2H3/t19-,24-,25-,26-/m1/s1. The van der Waals surface area contributed by atoms with E-state index in [4.69, 9.17) is 4.74 Å². The zero-order valence-electron chi connectivity index (χ0n) is 18.5. The quantitative estimate of drug-likeness (QED) is 0.640. The van der Waals surface area contributed by atoms with Crippen LogP contribution >= 0.6 is 0 Å². The molecule has 0 aliphatic heterocycles. The van der Waals surface area contributed by atoms with Crippen molar-refractivity contribution < 1.29 is 14.9 Å². The zero-order valence-corrected chi connectivity index (χ0v) is 18.5. The minimum atomic E-state index is -1.37. The predicted octanol–water partition coefficient (Wildman–Crippen LogP) is 4.31. The van der Waals surface area contributed by atoms with Crippen LogP contribution in [0.1, 0.15) is 56.4 Å². The van der Waals surface area contributed by atoms with E-state index in [0.29, 0.717) is 30.3 Å². The van der Waals surface area contributed by atoms with Gasteiger partial charge in [-0.1, -0.05) is 19.1 Å². The van der Waals surface area contributed by atoms with E-state index < -0.39 is 11.2 Å². The van der Waals surface area contributed by atoms with Crippen LogP contribution in [0.25, 0.3) is 0 Å². The molecule has 2 aliphatic carbocycles. The monoisotopic (exact) mass is 431 g/mol. The van der Waals surface area contributed by atoms with E-state index in [-0.39, 0.29) is 11.3 Å². The molecule has 1 saturated carbocycles. The fourth-order valence-electron chi connectivity index (χ4n) is 6.06. The summed E-state index contributed by atoms with van der Waals surface area (Å²) >= 11 is 0. The Labute approximate surface area is 188 Å². The molecule has 32 heavy (non-hydrogen) atoms. The molecule has 0 unspecified atom stereocenters. The number of pyridine rings is 1. The molecular weight excluding hydrogens is 402 g/mol. The lowest BCUT2D eigenvalue weighted by atomic mass is 9.49. The number of aryl methyl sites for hydroxylation is 1. The van der Waals surface area contributed by atoms with Gasteiger partial charge in [-0.2, -0.15) is 0 Å². The summed E-state index contributed by atoms with van der Waals surface area (Å²) < 4.78 is 5.86. The molecule has 6 nitrogen and oxygen atoms in total. The second-order valence-electron chi connectivity index (χ2n) is 9.43. The van der Waals surface area contributed by atoms with Crippen molar-refractivity contribution >= 4 is 0 Å². The van der Waals surface area contributed by atoms with Gasteiger partial charge in [0.2, 0.25) is 0 Å². The van der Waals surface area contributed by atoms with Crippen molar-refractivity contribution in [3.63, 3.8) is 0 Å². The number of fused-ring (bicyclic) bond motifs is 3. The van der Waals surface area contributed by atoms with Gasteiger partial charge in [0.05, 0.1) is 11.3 Å². The van der Waals surface area contributed by atoms with E-state index in [0.717, 1.165) is 19.3 Å². The summed E-state index contributed by atoms with van der Waals surface area (Å²) in [6.07, 6.45) is 8.69. The molecule has 2 aromatic heterocycles. The summed E-state index contributed by atoms with van der Waals surface area (Å²) in [6.45, 7) is 3.94. The molecule has 6 heteroatoms. The van der Waals surface area contributed by atoms with Crippen LogP contribution in [0.3, 0.4) is 0 Å². The van der Waals surface area contributed by atoms with Gasteiger partial charge in [-0.15, -0.1) is 0 Å². The highest BCUT2D eigenvalue weighted by Gasteiger charge is 2.61. The molecule has 2 N–H and O–H groups in total. The summed E-state index contributed by atoms with van der Waals surface area (Å²) in [5.74, 6) is 0.962. The predicted molar refractivity (Wildman–Crippen MR) is 120 cm³/mol. The average Bonchev–Trinajstić information content (AvgIpc) is 2.81. The van der Waals surface area contributed by atoms with E-state index in [2.05, 4.69) is 34.0 Å². The molecule has 166 valence electrons. The number of aromatic nitrogens is 3. The third-order valence-corrected chi connectivity index (χ3v) is 7.72. The van der Waals surface area contributed by atoms with Gasteiger partial charge in [-0.25, -0.2) is 9.97 Å². The van der Waals surface area contributed by atoms with E-state index in [1.54, 1.807) is 31.6 Å². The van der Waals surface area contributed by atoms with Gasteiger partial charge in [0, 0.05) is 24.0 Å². The largest absolute Gasteiger partial charge is 0.424 e. The maximum absolute atomic E-state index is 11.7. The summed E-state index contributed by atoms with van der Waals surface area (Å²) in [4.78, 5) is 12.7. The summed E-state index contributed by atoms with van der Waals surface area (Å²) in [5, 5.41) is 23.4. The Balaban J connectivity index is 1.51. The number of nitrogens with zero attached hydrogens (tertiary/aromatic N) is 3. The first-order valence-corrected chi connectivity index (χ1v) is 11.3. The van der Waals surface area contributed by atoms with Crippen molar-refractivity contribution in [1.29, 1.82) is 0 Å². The van der Waals surface area contributed by atoms with Crippen molar-refractivity contribution in [3.8, 4) is 11.8 Å². The average molecular weight is 432 g/mol. The molecule has 4 atom stereocenters. The van der Waals surface area contributed by atoms with Crippen LogP contribution in [0.15, 0.2) is 61.1 Å². The molecule has 0 spiro atoms. The van der Waals surface area contributed by atoms with Gasteiger partial charge in [0.15, 0.2) is 0 Å². The van der Waals surface area contributed by atoms with Gasteiger partial charge in [-0.05, 0) is 86.4 Å². The topological polar surface area (TPSA) is 88.4 Å². The fraction of sp³-hybridized carbons (Fsp3) is 0.423. The van der Waals surface area contributed by atoms with Crippen LogP contribution in [0.4, 0.5) is 0 Å². The van der Waals surface area contributed by atoms with Crippen LogP contribution in [0.2, 0.25) is 0 Å². The first-order valence-electron chi connectivity index (χ1n) is 11.3. The van der Waals surface area contributed by atoms with Gasteiger partial charge >= 0.3 is 6.01 Å². The van der Waals surface area contributed by atoms with Gasteiger partial charge in [-0.3, -0.25) is 4.98 Å². The Bertz CT molecular complexity index is 1110. The highest BCUT2D eigenvalue weighted by atomic mass is 16.5. The van der Waals surface area contributed by atoms with Crippen molar-refractivity contribution in [2.75, 3.05) is 0 Å². The van der Waals surface area contributed by atoms with Crippen LogP contribution in [0.5, 0.6) is 11.8 Å². The van der Waals surface area contributed by atoms with Crippen molar-refractivity contribution in [3.05, 3.63) is 77.9 Å². The SMILES string of the molecule is CC[C@@]12C[C@@](C)(O)[C@](O)(c3ccccn3)C[C@H]1CCc1cc(Oc3ncccn3)ccc12. The summed E-state index contributed by atoms with van der Waals surface area (Å²) in [7, 11) is 0. The molecule has 0 amide bonds. The molecule has 5 rings (SSSR count). The third kappa shape index (κ3) is 3.21. The first-order chi connectivity index (χ1) is 15.4. The fourth-order valence-corrected chi connectivity index (χ4v) is 6.06. The summed E-state index contributed by atoms with van der Waals surface area (Å²) in [5.41, 5.74) is 0.140. The summed E-state index contributed by atoms with van der Waals surface area (Å²) in [6, 6.07) is 13.8. The maximum Gasteiger partial charge on any atom is 0.321 e.